The van der Waals surface area contributed by atoms with Crippen LogP contribution in [0.5, 0.6) is 5.75 Å². The third-order valence-electron chi connectivity index (χ3n) is 4.70. The summed E-state index contributed by atoms with van der Waals surface area (Å²) < 4.78 is 5.91. The lowest BCUT2D eigenvalue weighted by Gasteiger charge is -2.17. The Morgan fingerprint density at radius 1 is 1.11 bits per heavy atom. The van der Waals surface area contributed by atoms with Crippen molar-refractivity contribution < 1.29 is 4.74 Å². The Bertz CT molecular complexity index is 832. The fourth-order valence-electron chi connectivity index (χ4n) is 3.15. The van der Waals surface area contributed by atoms with Crippen LogP contribution in [0.2, 0.25) is 5.02 Å². The molecule has 1 saturated carbocycles. The fourth-order valence-corrected chi connectivity index (χ4v) is 3.27. The van der Waals surface area contributed by atoms with Crippen LogP contribution in [0.25, 0.3) is 0 Å². The molecule has 0 bridgehead atoms. The average molecular weight is 381 g/mol. The van der Waals surface area contributed by atoms with Gasteiger partial charge in [0.15, 0.2) is 5.76 Å². The van der Waals surface area contributed by atoms with Gasteiger partial charge in [-0.05, 0) is 60.9 Å². The van der Waals surface area contributed by atoms with Crippen molar-refractivity contribution in [2.75, 3.05) is 6.54 Å². The lowest BCUT2D eigenvalue weighted by Crippen LogP contribution is -2.08. The minimum atomic E-state index is 0.114. The Balaban J connectivity index is 1.73. The van der Waals surface area contributed by atoms with E-state index in [4.69, 9.17) is 16.3 Å². The first-order valence-electron chi connectivity index (χ1n) is 9.24. The normalized spacial score (nSPS) is 15.9. The van der Waals surface area contributed by atoms with E-state index in [0.717, 1.165) is 30.2 Å². The molecule has 0 N–H and O–H groups in total. The van der Waals surface area contributed by atoms with E-state index < -0.39 is 0 Å². The third-order valence-corrected chi connectivity index (χ3v) is 4.95. The Kier molecular flexibility index (Phi) is 6.12. The summed E-state index contributed by atoms with van der Waals surface area (Å²) in [5.74, 6) is 1.84. The minimum absolute atomic E-state index is 0.114. The largest absolute Gasteiger partial charge is 0.454 e. The summed E-state index contributed by atoms with van der Waals surface area (Å²) in [5, 5.41) is 0.771. The van der Waals surface area contributed by atoms with Crippen molar-refractivity contribution >= 4 is 24.5 Å². The van der Waals surface area contributed by atoms with Gasteiger partial charge in [-0.2, -0.15) is 0 Å². The van der Waals surface area contributed by atoms with E-state index >= 15 is 0 Å². The van der Waals surface area contributed by atoms with Crippen LogP contribution in [-0.2, 0) is 5.41 Å². The summed E-state index contributed by atoms with van der Waals surface area (Å²) in [4.78, 5) is 8.19. The molecule has 0 aliphatic heterocycles. The molecule has 0 heterocycles. The molecule has 1 fully saturated rings. The Hall–Kier alpha value is -2.39. The maximum absolute atomic E-state index is 6.03. The highest BCUT2D eigenvalue weighted by Gasteiger charge is 2.45. The molecule has 0 unspecified atom stereocenters. The van der Waals surface area contributed by atoms with Gasteiger partial charge in [-0.1, -0.05) is 49.7 Å². The molecule has 140 valence electrons. The van der Waals surface area contributed by atoms with E-state index in [1.807, 2.05) is 24.3 Å². The average Bonchev–Trinajstić information content (AvgIpc) is 3.45. The first-order chi connectivity index (χ1) is 13.0. The molecule has 27 heavy (non-hydrogen) atoms. The third kappa shape index (κ3) is 4.86. The number of ether oxygens (including phenoxy) is 1. The van der Waals surface area contributed by atoms with Crippen molar-refractivity contribution in [2.24, 2.45) is 15.9 Å². The molecule has 3 nitrogen and oxygen atoms in total. The Morgan fingerprint density at radius 3 is 2.22 bits per heavy atom. The number of hydrogen-bond donors (Lipinski definition) is 0. The fraction of sp³-hybridized carbons (Fsp3) is 0.304. The molecule has 1 aliphatic carbocycles. The van der Waals surface area contributed by atoms with Crippen LogP contribution in [0, 0.1) is 5.92 Å². The number of allylic oxidation sites excluding steroid dienone is 1. The molecule has 0 atom stereocenters. The van der Waals surface area contributed by atoms with Crippen molar-refractivity contribution in [3.8, 4) is 5.75 Å². The minimum Gasteiger partial charge on any atom is -0.454 e. The lowest BCUT2D eigenvalue weighted by molar-refractivity contribution is 0.454. The molecule has 1 aliphatic rings. The molecule has 0 radical (unpaired) electrons. The van der Waals surface area contributed by atoms with Crippen LogP contribution >= 0.6 is 11.6 Å². The van der Waals surface area contributed by atoms with E-state index in [1.165, 1.54) is 11.1 Å². The Labute approximate surface area is 166 Å². The standard InChI is InChI=1S/C23H25ClN2O/c1-17(2)14-26-16-22(15-25-3)27-21-10-6-19(7-11-21)23(12-13-23)18-4-8-20(24)9-5-18/h4-11,15-17H,3,12-14H2,1-2H3/b22-15+,26-16?. The summed E-state index contributed by atoms with van der Waals surface area (Å²) in [6.45, 7) is 8.50. The molecule has 4 heteroatoms. The van der Waals surface area contributed by atoms with E-state index in [-0.39, 0.29) is 5.41 Å². The first kappa shape index (κ1) is 19.4. The van der Waals surface area contributed by atoms with Crippen LogP contribution in [0.15, 0.2) is 70.5 Å². The monoisotopic (exact) mass is 380 g/mol. The van der Waals surface area contributed by atoms with Gasteiger partial charge >= 0.3 is 0 Å². The molecule has 3 rings (SSSR count). The summed E-state index contributed by atoms with van der Waals surface area (Å²) in [7, 11) is 0. The van der Waals surface area contributed by atoms with Gasteiger partial charge in [-0.15, -0.1) is 0 Å². The maximum Gasteiger partial charge on any atom is 0.163 e. The smallest absolute Gasteiger partial charge is 0.163 e. The number of benzene rings is 2. The zero-order valence-corrected chi connectivity index (χ0v) is 16.6. The molecule has 0 saturated heterocycles. The van der Waals surface area contributed by atoms with Gasteiger partial charge in [-0.3, -0.25) is 9.98 Å². The summed E-state index contributed by atoms with van der Waals surface area (Å²) in [5.41, 5.74) is 2.74. The highest BCUT2D eigenvalue weighted by atomic mass is 35.5. The van der Waals surface area contributed by atoms with Crippen molar-refractivity contribution in [1.82, 2.24) is 0 Å². The van der Waals surface area contributed by atoms with Crippen LogP contribution < -0.4 is 4.74 Å². The van der Waals surface area contributed by atoms with Crippen molar-refractivity contribution in [2.45, 2.75) is 32.1 Å². The molecule has 0 amide bonds. The SMILES string of the molecule is C=N/C=C(\C=NCC(C)C)Oc1ccc(C2(c3ccc(Cl)cc3)CC2)cc1. The van der Waals surface area contributed by atoms with Crippen molar-refractivity contribution in [3.05, 3.63) is 76.6 Å². The van der Waals surface area contributed by atoms with Crippen molar-refractivity contribution in [3.63, 3.8) is 0 Å². The lowest BCUT2D eigenvalue weighted by atomic mass is 9.88. The van der Waals surface area contributed by atoms with Crippen LogP contribution in [0.1, 0.15) is 37.8 Å². The number of rotatable bonds is 8. The van der Waals surface area contributed by atoms with Gasteiger partial charge < -0.3 is 4.74 Å². The summed E-state index contributed by atoms with van der Waals surface area (Å²) >= 11 is 6.03. The first-order valence-corrected chi connectivity index (χ1v) is 9.61. The molecule has 2 aromatic rings. The number of nitrogens with zero attached hydrogens (tertiary/aromatic N) is 2. The van der Waals surface area contributed by atoms with Crippen LogP contribution in [0.3, 0.4) is 0 Å². The molecular weight excluding hydrogens is 356 g/mol. The van der Waals surface area contributed by atoms with E-state index in [9.17, 15) is 0 Å². The zero-order chi connectivity index (χ0) is 19.3. The second kappa shape index (κ2) is 8.53. The summed E-state index contributed by atoms with van der Waals surface area (Å²) in [6, 6.07) is 16.5. The van der Waals surface area contributed by atoms with Crippen LogP contribution in [-0.4, -0.2) is 19.5 Å². The van der Waals surface area contributed by atoms with Gasteiger partial charge in [-0.25, -0.2) is 0 Å². The predicted molar refractivity (Wildman–Crippen MR) is 114 cm³/mol. The van der Waals surface area contributed by atoms with E-state index in [0.29, 0.717) is 11.7 Å². The van der Waals surface area contributed by atoms with Gasteiger partial charge in [0.25, 0.3) is 0 Å². The van der Waals surface area contributed by atoms with E-state index in [1.54, 1.807) is 12.4 Å². The van der Waals surface area contributed by atoms with Gasteiger partial charge in [0, 0.05) is 17.0 Å². The van der Waals surface area contributed by atoms with Crippen molar-refractivity contribution in [1.29, 1.82) is 0 Å². The maximum atomic E-state index is 6.03. The summed E-state index contributed by atoms with van der Waals surface area (Å²) in [6.07, 6.45) is 5.59. The highest BCUT2D eigenvalue weighted by molar-refractivity contribution is 6.30. The quantitative estimate of drug-likeness (QED) is 0.404. The van der Waals surface area contributed by atoms with Gasteiger partial charge in [0.1, 0.15) is 5.75 Å². The predicted octanol–water partition coefficient (Wildman–Crippen LogP) is 6.07. The van der Waals surface area contributed by atoms with Gasteiger partial charge in [0.2, 0.25) is 0 Å². The number of halogens is 1. The Morgan fingerprint density at radius 2 is 1.70 bits per heavy atom. The molecule has 0 spiro atoms. The zero-order valence-electron chi connectivity index (χ0n) is 15.9. The van der Waals surface area contributed by atoms with E-state index in [2.05, 4.69) is 54.8 Å². The topological polar surface area (TPSA) is 34.0 Å². The number of hydrogen-bond acceptors (Lipinski definition) is 3. The number of aliphatic imine (C=N–C) groups is 2. The van der Waals surface area contributed by atoms with Crippen LogP contribution in [0.4, 0.5) is 0 Å². The molecular formula is C23H25ClN2O. The molecule has 2 aromatic carbocycles. The second-order valence-corrected chi connectivity index (χ2v) is 7.75. The highest BCUT2D eigenvalue weighted by Crippen LogP contribution is 2.53. The second-order valence-electron chi connectivity index (χ2n) is 7.32. The van der Waals surface area contributed by atoms with Gasteiger partial charge in [0.05, 0.1) is 12.4 Å². The molecule has 0 aromatic heterocycles.